The minimum Gasteiger partial charge on any atom is -0.350 e. The summed E-state index contributed by atoms with van der Waals surface area (Å²) >= 11 is 1.43. The van der Waals surface area contributed by atoms with Crippen LogP contribution in [0.5, 0.6) is 0 Å². The zero-order valence-electron chi connectivity index (χ0n) is 15.9. The van der Waals surface area contributed by atoms with Gasteiger partial charge in [0.05, 0.1) is 24.0 Å². The molecule has 1 aromatic carbocycles. The number of halogens is 1. The summed E-state index contributed by atoms with van der Waals surface area (Å²) in [5, 5.41) is 16.1. The van der Waals surface area contributed by atoms with Crippen molar-refractivity contribution in [2.75, 3.05) is 19.6 Å². The predicted octanol–water partition coefficient (Wildman–Crippen LogP) is 2.46. The number of nitrogens with one attached hydrogen (secondary N) is 2. The summed E-state index contributed by atoms with van der Waals surface area (Å²) in [7, 11) is 0. The Hall–Kier alpha value is -2.50. The van der Waals surface area contributed by atoms with Gasteiger partial charge in [-0.05, 0) is 31.4 Å². The predicted molar refractivity (Wildman–Crippen MR) is 107 cm³/mol. The molecule has 8 heteroatoms. The van der Waals surface area contributed by atoms with E-state index in [2.05, 4.69) is 10.6 Å². The first-order valence-electron chi connectivity index (χ1n) is 9.14. The molecule has 1 fully saturated rings. The van der Waals surface area contributed by atoms with E-state index in [1.54, 1.807) is 0 Å². The fourth-order valence-electron chi connectivity index (χ4n) is 3.14. The number of carbonyl (C=O) groups is 2. The topological polar surface area (TPSA) is 85.2 Å². The van der Waals surface area contributed by atoms with Crippen molar-refractivity contribution < 1.29 is 14.0 Å². The number of rotatable bonds is 6. The molecule has 6 nitrogen and oxygen atoms in total. The molecule has 148 valence electrons. The molecule has 0 radical (unpaired) electrons. The number of amides is 2. The lowest BCUT2D eigenvalue weighted by molar-refractivity contribution is -0.130. The molecule has 0 aliphatic carbocycles. The van der Waals surface area contributed by atoms with Gasteiger partial charge in [-0.2, -0.15) is 5.26 Å². The Morgan fingerprint density at radius 1 is 1.39 bits per heavy atom. The molecule has 3 rings (SSSR count). The Morgan fingerprint density at radius 3 is 2.86 bits per heavy atom. The Balaban J connectivity index is 1.51. The fourth-order valence-corrected chi connectivity index (χ4v) is 4.12. The number of fused-ring (bicyclic) bond motifs is 1. The van der Waals surface area contributed by atoms with Crippen LogP contribution in [-0.2, 0) is 4.79 Å². The number of nitrogens with zero attached hydrogens (tertiary/aromatic N) is 2. The van der Waals surface area contributed by atoms with Crippen LogP contribution in [0.1, 0.15) is 29.9 Å². The Kier molecular flexibility index (Phi) is 5.96. The molecular weight excluding hydrogens is 379 g/mol. The molecule has 0 saturated carbocycles. The third-order valence-corrected chi connectivity index (χ3v) is 5.89. The molecule has 1 aromatic heterocycles. The monoisotopic (exact) mass is 402 g/mol. The largest absolute Gasteiger partial charge is 0.350 e. The van der Waals surface area contributed by atoms with Crippen molar-refractivity contribution in [1.29, 1.82) is 5.26 Å². The van der Waals surface area contributed by atoms with E-state index in [0.717, 1.165) is 10.1 Å². The molecular formula is C20H23FN4O2S. The SMILES string of the molecule is CC(C)(CNC(=O)c1cc2ccccc2s1)NCC(=O)N1CC(F)CC1C#N. The van der Waals surface area contributed by atoms with Crippen LogP contribution in [0.15, 0.2) is 30.3 Å². The van der Waals surface area contributed by atoms with Crippen LogP contribution < -0.4 is 10.6 Å². The summed E-state index contributed by atoms with van der Waals surface area (Å²) in [6.45, 7) is 4.00. The summed E-state index contributed by atoms with van der Waals surface area (Å²) in [5.74, 6) is -0.470. The molecule has 0 bridgehead atoms. The number of thiophene rings is 1. The average molecular weight is 402 g/mol. The van der Waals surface area contributed by atoms with Gasteiger partial charge in [0.2, 0.25) is 5.91 Å². The van der Waals surface area contributed by atoms with Crippen molar-refractivity contribution in [3.63, 3.8) is 0 Å². The maximum absolute atomic E-state index is 13.5. The van der Waals surface area contributed by atoms with Crippen LogP contribution in [0.3, 0.4) is 0 Å². The minimum atomic E-state index is -1.15. The van der Waals surface area contributed by atoms with Gasteiger partial charge in [-0.3, -0.25) is 9.59 Å². The molecule has 1 saturated heterocycles. The van der Waals surface area contributed by atoms with Crippen LogP contribution in [-0.4, -0.2) is 54.1 Å². The lowest BCUT2D eigenvalue weighted by Crippen LogP contribution is -2.52. The van der Waals surface area contributed by atoms with Crippen molar-refractivity contribution in [2.24, 2.45) is 0 Å². The van der Waals surface area contributed by atoms with Gasteiger partial charge in [0.15, 0.2) is 0 Å². The standard InChI is InChI=1S/C20H23FN4O2S/c1-20(2,24-10-18(26)25-11-14(21)8-15(25)9-22)12-23-19(27)17-7-13-5-3-4-6-16(13)28-17/h3-7,14-15,24H,8,10-12H2,1-2H3,(H,23,27). The highest BCUT2D eigenvalue weighted by atomic mass is 32.1. The molecule has 2 amide bonds. The molecule has 2 N–H and O–H groups in total. The Morgan fingerprint density at radius 2 is 2.14 bits per heavy atom. The minimum absolute atomic E-state index is 0.0172. The van der Waals surface area contributed by atoms with Gasteiger partial charge < -0.3 is 15.5 Å². The Bertz CT molecular complexity index is 887. The lowest BCUT2D eigenvalue weighted by Gasteiger charge is -2.28. The maximum atomic E-state index is 13.5. The molecule has 1 aliphatic heterocycles. The molecule has 28 heavy (non-hydrogen) atoms. The number of hydrogen-bond donors (Lipinski definition) is 2. The summed E-state index contributed by atoms with van der Waals surface area (Å²) in [6, 6.07) is 10.9. The van der Waals surface area contributed by atoms with Gasteiger partial charge in [-0.15, -0.1) is 11.3 Å². The summed E-state index contributed by atoms with van der Waals surface area (Å²) in [6.07, 6.45) is -1.08. The number of carbonyl (C=O) groups excluding carboxylic acids is 2. The van der Waals surface area contributed by atoms with E-state index in [9.17, 15) is 14.0 Å². The van der Waals surface area contributed by atoms with Gasteiger partial charge >= 0.3 is 0 Å². The van der Waals surface area contributed by atoms with E-state index in [0.29, 0.717) is 11.4 Å². The number of benzene rings is 1. The highest BCUT2D eigenvalue weighted by molar-refractivity contribution is 7.20. The highest BCUT2D eigenvalue weighted by Gasteiger charge is 2.35. The second-order valence-corrected chi connectivity index (χ2v) is 8.68. The first-order chi connectivity index (χ1) is 13.3. The van der Waals surface area contributed by atoms with E-state index in [1.807, 2.05) is 50.2 Å². The van der Waals surface area contributed by atoms with Crippen LogP contribution in [0, 0.1) is 11.3 Å². The zero-order valence-corrected chi connectivity index (χ0v) is 16.7. The van der Waals surface area contributed by atoms with Crippen molar-refractivity contribution >= 4 is 33.2 Å². The van der Waals surface area contributed by atoms with Crippen LogP contribution in [0.25, 0.3) is 10.1 Å². The molecule has 1 aliphatic rings. The average Bonchev–Trinajstić information content (AvgIpc) is 3.27. The Labute approximate surface area is 167 Å². The second kappa shape index (κ2) is 8.25. The normalized spacial score (nSPS) is 19.6. The number of alkyl halides is 1. The molecule has 2 heterocycles. The van der Waals surface area contributed by atoms with Gasteiger partial charge in [-0.1, -0.05) is 18.2 Å². The second-order valence-electron chi connectivity index (χ2n) is 7.59. The summed E-state index contributed by atoms with van der Waals surface area (Å²) in [4.78, 5) is 26.7. The molecule has 2 atom stereocenters. The van der Waals surface area contributed by atoms with Gasteiger partial charge in [-0.25, -0.2) is 4.39 Å². The van der Waals surface area contributed by atoms with Crippen molar-refractivity contribution in [3.05, 3.63) is 35.2 Å². The van der Waals surface area contributed by atoms with Crippen molar-refractivity contribution in [3.8, 4) is 6.07 Å². The number of hydrogen-bond acceptors (Lipinski definition) is 5. The van der Waals surface area contributed by atoms with E-state index in [1.165, 1.54) is 16.2 Å². The van der Waals surface area contributed by atoms with Gasteiger partial charge in [0, 0.05) is 23.2 Å². The van der Waals surface area contributed by atoms with Gasteiger partial charge in [0.25, 0.3) is 5.91 Å². The third kappa shape index (κ3) is 4.66. The van der Waals surface area contributed by atoms with Gasteiger partial charge in [0.1, 0.15) is 12.2 Å². The van der Waals surface area contributed by atoms with Crippen molar-refractivity contribution in [1.82, 2.24) is 15.5 Å². The smallest absolute Gasteiger partial charge is 0.261 e. The molecule has 2 unspecified atom stereocenters. The van der Waals surface area contributed by atoms with Crippen LogP contribution >= 0.6 is 11.3 Å². The van der Waals surface area contributed by atoms with E-state index in [4.69, 9.17) is 5.26 Å². The molecule has 2 aromatic rings. The third-order valence-electron chi connectivity index (χ3n) is 4.78. The highest BCUT2D eigenvalue weighted by Crippen LogP contribution is 2.25. The van der Waals surface area contributed by atoms with Crippen molar-refractivity contribution in [2.45, 2.75) is 38.0 Å². The van der Waals surface area contributed by atoms with Crippen LogP contribution in [0.2, 0.25) is 0 Å². The van der Waals surface area contributed by atoms with E-state index < -0.39 is 17.8 Å². The zero-order chi connectivity index (χ0) is 20.3. The number of nitriles is 1. The number of likely N-dealkylation sites (tertiary alicyclic amines) is 1. The molecule has 0 spiro atoms. The summed E-state index contributed by atoms with van der Waals surface area (Å²) in [5.41, 5.74) is -0.543. The first kappa shape index (κ1) is 20.2. The van der Waals surface area contributed by atoms with E-state index in [-0.39, 0.29) is 31.3 Å². The fraction of sp³-hybridized carbons (Fsp3) is 0.450. The first-order valence-corrected chi connectivity index (χ1v) is 9.96. The van der Waals surface area contributed by atoms with Crippen LogP contribution in [0.4, 0.5) is 4.39 Å². The summed E-state index contributed by atoms with van der Waals surface area (Å²) < 4.78 is 14.5. The lowest BCUT2D eigenvalue weighted by atomic mass is 10.1. The van der Waals surface area contributed by atoms with E-state index >= 15 is 0 Å². The quantitative estimate of drug-likeness (QED) is 0.777. The maximum Gasteiger partial charge on any atom is 0.261 e.